The summed E-state index contributed by atoms with van der Waals surface area (Å²) in [6.45, 7) is 5.59. The number of ether oxygens (including phenoxy) is 1. The van der Waals surface area contributed by atoms with Crippen LogP contribution in [0.5, 0.6) is 0 Å². The van der Waals surface area contributed by atoms with E-state index in [0.29, 0.717) is 13.0 Å². The molecule has 1 fully saturated rings. The Labute approximate surface area is 100 Å². The van der Waals surface area contributed by atoms with Crippen LogP contribution < -0.4 is 17.0 Å². The van der Waals surface area contributed by atoms with E-state index in [9.17, 15) is 9.59 Å². The van der Waals surface area contributed by atoms with E-state index in [2.05, 4.69) is 0 Å². The van der Waals surface area contributed by atoms with Crippen molar-refractivity contribution in [3.8, 4) is 0 Å². The first-order chi connectivity index (χ1) is 7.74. The molecule has 2 amide bonds. The molecular weight excluding hydrogens is 224 g/mol. The lowest BCUT2D eigenvalue weighted by molar-refractivity contribution is -0.125. The third-order valence-corrected chi connectivity index (χ3v) is 2.41. The van der Waals surface area contributed by atoms with Crippen LogP contribution in [0.15, 0.2) is 0 Å². The van der Waals surface area contributed by atoms with Crippen molar-refractivity contribution in [2.75, 3.05) is 6.54 Å². The highest BCUT2D eigenvalue weighted by Gasteiger charge is 2.39. The van der Waals surface area contributed by atoms with Gasteiger partial charge in [-0.25, -0.2) is 10.6 Å². The number of rotatable bonds is 1. The summed E-state index contributed by atoms with van der Waals surface area (Å²) in [5.74, 6) is 4.64. The van der Waals surface area contributed by atoms with E-state index in [1.165, 1.54) is 4.90 Å². The number of likely N-dealkylation sites (tertiary alicyclic amines) is 1. The third kappa shape index (κ3) is 3.57. The summed E-state index contributed by atoms with van der Waals surface area (Å²) in [5.41, 5.74) is 7.17. The molecule has 0 radical (unpaired) electrons. The highest BCUT2D eigenvalue weighted by Crippen LogP contribution is 2.20. The summed E-state index contributed by atoms with van der Waals surface area (Å²) < 4.78 is 5.21. The van der Waals surface area contributed by atoms with Crippen molar-refractivity contribution in [1.82, 2.24) is 10.3 Å². The molecule has 2 atom stereocenters. The molecule has 1 saturated heterocycles. The molecule has 0 spiro atoms. The predicted octanol–water partition coefficient (Wildman–Crippen LogP) is -0.687. The molecule has 0 aliphatic carbocycles. The van der Waals surface area contributed by atoms with E-state index in [4.69, 9.17) is 16.3 Å². The number of carbonyl (C=O) groups is 2. The molecule has 1 heterocycles. The van der Waals surface area contributed by atoms with Gasteiger partial charge in [0.1, 0.15) is 11.6 Å². The maximum Gasteiger partial charge on any atom is 0.411 e. The van der Waals surface area contributed by atoms with Crippen LogP contribution in [0.3, 0.4) is 0 Å². The molecule has 7 nitrogen and oxygen atoms in total. The van der Waals surface area contributed by atoms with Gasteiger partial charge < -0.3 is 10.5 Å². The number of amides is 2. The maximum atomic E-state index is 11.9. The van der Waals surface area contributed by atoms with Crippen LogP contribution in [0.4, 0.5) is 4.79 Å². The van der Waals surface area contributed by atoms with E-state index in [1.807, 2.05) is 5.43 Å². The monoisotopic (exact) mass is 244 g/mol. The largest absolute Gasteiger partial charge is 0.444 e. The smallest absolute Gasteiger partial charge is 0.411 e. The topological polar surface area (TPSA) is 111 Å². The lowest BCUT2D eigenvalue weighted by atomic mass is 10.2. The van der Waals surface area contributed by atoms with E-state index in [-0.39, 0.29) is 6.04 Å². The number of nitrogens with zero attached hydrogens (tertiary/aromatic N) is 1. The van der Waals surface area contributed by atoms with Crippen LogP contribution in [0.1, 0.15) is 27.2 Å². The molecule has 98 valence electrons. The number of hydrogen-bond donors (Lipinski definition) is 3. The fourth-order valence-corrected chi connectivity index (χ4v) is 1.74. The second-order valence-corrected chi connectivity index (χ2v) is 5.15. The molecule has 1 rings (SSSR count). The summed E-state index contributed by atoms with van der Waals surface area (Å²) in [4.78, 5) is 24.7. The molecule has 0 aromatic heterocycles. The van der Waals surface area contributed by atoms with Crippen molar-refractivity contribution in [2.24, 2.45) is 11.6 Å². The lowest BCUT2D eigenvalue weighted by Crippen LogP contribution is -2.49. The number of nitrogens with two attached hydrogens (primary N) is 2. The van der Waals surface area contributed by atoms with Crippen molar-refractivity contribution in [3.05, 3.63) is 0 Å². The third-order valence-electron chi connectivity index (χ3n) is 2.41. The second-order valence-electron chi connectivity index (χ2n) is 5.15. The van der Waals surface area contributed by atoms with Crippen molar-refractivity contribution < 1.29 is 14.3 Å². The van der Waals surface area contributed by atoms with Gasteiger partial charge in [0.25, 0.3) is 5.91 Å². The Hall–Kier alpha value is -1.34. The van der Waals surface area contributed by atoms with Crippen LogP contribution in [-0.2, 0) is 9.53 Å². The first-order valence-corrected chi connectivity index (χ1v) is 5.50. The normalized spacial score (nSPS) is 24.6. The zero-order valence-corrected chi connectivity index (χ0v) is 10.4. The van der Waals surface area contributed by atoms with Crippen LogP contribution >= 0.6 is 0 Å². The molecule has 0 bridgehead atoms. The van der Waals surface area contributed by atoms with Crippen molar-refractivity contribution in [1.29, 1.82) is 0 Å². The second kappa shape index (κ2) is 4.89. The summed E-state index contributed by atoms with van der Waals surface area (Å²) in [7, 11) is 0. The van der Waals surface area contributed by atoms with Gasteiger partial charge in [0.05, 0.1) is 0 Å². The Morgan fingerprint density at radius 1 is 1.41 bits per heavy atom. The van der Waals surface area contributed by atoms with E-state index in [0.717, 1.165) is 0 Å². The molecule has 0 saturated carbocycles. The summed E-state index contributed by atoms with van der Waals surface area (Å²) >= 11 is 0. The molecular formula is C10H20N4O3. The van der Waals surface area contributed by atoms with Gasteiger partial charge in [0.2, 0.25) is 0 Å². The molecule has 0 aromatic rings. The molecule has 1 aliphatic rings. The van der Waals surface area contributed by atoms with Gasteiger partial charge in [-0.3, -0.25) is 15.1 Å². The van der Waals surface area contributed by atoms with Crippen molar-refractivity contribution in [3.63, 3.8) is 0 Å². The van der Waals surface area contributed by atoms with Crippen LogP contribution in [0, 0.1) is 0 Å². The van der Waals surface area contributed by atoms with Crippen molar-refractivity contribution in [2.45, 2.75) is 44.9 Å². The average Bonchev–Trinajstić information content (AvgIpc) is 2.56. The van der Waals surface area contributed by atoms with Gasteiger partial charge in [-0.2, -0.15) is 0 Å². The van der Waals surface area contributed by atoms with E-state index in [1.54, 1.807) is 20.8 Å². The zero-order valence-electron chi connectivity index (χ0n) is 10.4. The number of nitrogens with one attached hydrogen (secondary N) is 1. The molecule has 7 heteroatoms. The molecule has 0 aromatic carbocycles. The Morgan fingerprint density at radius 3 is 2.47 bits per heavy atom. The van der Waals surface area contributed by atoms with Crippen molar-refractivity contribution >= 4 is 12.0 Å². The Kier molecular flexibility index (Phi) is 3.94. The minimum atomic E-state index is -0.648. The number of hydrogen-bond acceptors (Lipinski definition) is 5. The van der Waals surface area contributed by atoms with Gasteiger partial charge in [0, 0.05) is 12.6 Å². The molecule has 5 N–H and O–H groups in total. The van der Waals surface area contributed by atoms with Gasteiger partial charge in [-0.15, -0.1) is 0 Å². The first-order valence-electron chi connectivity index (χ1n) is 5.50. The standard InChI is InChI=1S/C10H20N4O3/c1-10(2,3)17-9(16)14-5-6(11)4-7(14)8(15)13-12/h6-7H,4-5,11-12H2,1-3H3,(H,13,15)/t6-,7-/m0/s1. The minimum absolute atomic E-state index is 0.232. The highest BCUT2D eigenvalue weighted by atomic mass is 16.6. The van der Waals surface area contributed by atoms with E-state index >= 15 is 0 Å². The van der Waals surface area contributed by atoms with Gasteiger partial charge in [-0.05, 0) is 27.2 Å². The minimum Gasteiger partial charge on any atom is -0.444 e. The quantitative estimate of drug-likeness (QED) is 0.321. The summed E-state index contributed by atoms with van der Waals surface area (Å²) in [6.07, 6.45) is -0.151. The highest BCUT2D eigenvalue weighted by molar-refractivity contribution is 5.86. The molecule has 17 heavy (non-hydrogen) atoms. The average molecular weight is 244 g/mol. The zero-order chi connectivity index (χ0) is 13.2. The van der Waals surface area contributed by atoms with Crippen LogP contribution in [0.25, 0.3) is 0 Å². The Morgan fingerprint density at radius 2 is 2.00 bits per heavy atom. The molecule has 0 unspecified atom stereocenters. The lowest BCUT2D eigenvalue weighted by Gasteiger charge is -2.27. The summed E-state index contributed by atoms with van der Waals surface area (Å²) in [6, 6.07) is -0.880. The van der Waals surface area contributed by atoms with Crippen LogP contribution in [0.2, 0.25) is 0 Å². The van der Waals surface area contributed by atoms with Gasteiger partial charge >= 0.3 is 6.09 Å². The SMILES string of the molecule is CC(C)(C)OC(=O)N1C[C@@H](N)C[C@H]1C(=O)NN. The van der Waals surface area contributed by atoms with Crippen LogP contribution in [-0.4, -0.2) is 41.1 Å². The van der Waals surface area contributed by atoms with E-state index < -0.39 is 23.6 Å². The Bertz CT molecular complexity index is 313. The van der Waals surface area contributed by atoms with Gasteiger partial charge in [0.15, 0.2) is 0 Å². The number of hydrazine groups is 1. The fourth-order valence-electron chi connectivity index (χ4n) is 1.74. The van der Waals surface area contributed by atoms with Gasteiger partial charge in [-0.1, -0.05) is 0 Å². The predicted molar refractivity (Wildman–Crippen MR) is 61.7 cm³/mol. The fraction of sp³-hybridized carbons (Fsp3) is 0.800. The number of carbonyl (C=O) groups excluding carboxylic acids is 2. The maximum absolute atomic E-state index is 11.9. The summed E-state index contributed by atoms with van der Waals surface area (Å²) in [5, 5.41) is 0. The first kappa shape index (κ1) is 13.7. The molecule has 1 aliphatic heterocycles. The Balaban J connectivity index is 2.73.